The molecule has 0 radical (unpaired) electrons. The van der Waals surface area contributed by atoms with E-state index < -0.39 is 5.97 Å². The number of likely N-dealkylation sites (tertiary alicyclic amines) is 1. The molecule has 0 aromatic carbocycles. The Bertz CT molecular complexity index is 621. The third-order valence-corrected chi connectivity index (χ3v) is 5.36. The van der Waals surface area contributed by atoms with E-state index in [9.17, 15) is 9.59 Å². The summed E-state index contributed by atoms with van der Waals surface area (Å²) < 4.78 is 7.04. The zero-order chi connectivity index (χ0) is 20.4. The number of aryl methyl sites for hydroxylation is 1. The maximum atomic E-state index is 12.2. The molecule has 1 N–H and O–H groups in total. The zero-order valence-electron chi connectivity index (χ0n) is 17.4. The first-order valence-electron chi connectivity index (χ1n) is 10.7. The maximum absolute atomic E-state index is 12.2. The number of carboxylic acid groups (broad SMARTS) is 1. The molecule has 28 heavy (non-hydrogen) atoms. The van der Waals surface area contributed by atoms with Crippen LogP contribution in [-0.2, 0) is 9.53 Å². The van der Waals surface area contributed by atoms with Crippen LogP contribution < -0.4 is 0 Å². The van der Waals surface area contributed by atoms with Gasteiger partial charge in [-0.15, -0.1) is 0 Å². The Morgan fingerprint density at radius 1 is 1.14 bits per heavy atom. The number of aromatic nitrogens is 2. The zero-order valence-corrected chi connectivity index (χ0v) is 17.4. The Hall–Kier alpha value is -1.89. The number of rotatable bonds is 12. The second kappa shape index (κ2) is 11.8. The highest BCUT2D eigenvalue weighted by Crippen LogP contribution is 2.25. The predicted octanol–water partition coefficient (Wildman–Crippen LogP) is 3.82. The monoisotopic (exact) mass is 393 g/mol. The highest BCUT2D eigenvalue weighted by atomic mass is 16.5. The standard InChI is InChI=1S/C21H35N3O4/c1-3-28-21(27)19-16-17(2)22-24(19)18-11-14-23(15-12-18)13-9-7-5-4-6-8-10-20(25)26/h16,18H,3-15H2,1-2H3,(H,25,26). The minimum absolute atomic E-state index is 0.263. The van der Waals surface area contributed by atoms with Gasteiger partial charge < -0.3 is 14.7 Å². The van der Waals surface area contributed by atoms with Gasteiger partial charge in [-0.1, -0.05) is 25.7 Å². The summed E-state index contributed by atoms with van der Waals surface area (Å²) in [4.78, 5) is 25.1. The number of nitrogens with zero attached hydrogens (tertiary/aromatic N) is 3. The lowest BCUT2D eigenvalue weighted by molar-refractivity contribution is -0.137. The van der Waals surface area contributed by atoms with Gasteiger partial charge >= 0.3 is 11.9 Å². The van der Waals surface area contributed by atoms with E-state index in [1.54, 1.807) is 0 Å². The summed E-state index contributed by atoms with van der Waals surface area (Å²) in [5.74, 6) is -0.975. The number of carboxylic acids is 1. The molecule has 0 amide bonds. The molecule has 1 aliphatic heterocycles. The number of ether oxygens (including phenoxy) is 1. The summed E-state index contributed by atoms with van der Waals surface area (Å²) in [5.41, 5.74) is 1.43. The molecule has 7 heteroatoms. The molecule has 0 saturated carbocycles. The minimum atomic E-state index is -0.692. The van der Waals surface area contributed by atoms with Crippen molar-refractivity contribution in [1.29, 1.82) is 0 Å². The maximum Gasteiger partial charge on any atom is 0.356 e. The van der Waals surface area contributed by atoms with Gasteiger partial charge in [0.1, 0.15) is 5.69 Å². The average molecular weight is 394 g/mol. The number of aliphatic carboxylic acids is 1. The topological polar surface area (TPSA) is 84.7 Å². The van der Waals surface area contributed by atoms with E-state index in [4.69, 9.17) is 9.84 Å². The van der Waals surface area contributed by atoms with Gasteiger partial charge in [0.15, 0.2) is 0 Å². The molecule has 7 nitrogen and oxygen atoms in total. The van der Waals surface area contributed by atoms with Gasteiger partial charge in [0.2, 0.25) is 0 Å². The Morgan fingerprint density at radius 2 is 1.79 bits per heavy atom. The van der Waals surface area contributed by atoms with Crippen molar-refractivity contribution in [2.45, 2.75) is 77.7 Å². The van der Waals surface area contributed by atoms with Crippen molar-refractivity contribution in [3.8, 4) is 0 Å². The third-order valence-electron chi connectivity index (χ3n) is 5.36. The largest absolute Gasteiger partial charge is 0.481 e. The molecular formula is C21H35N3O4. The summed E-state index contributed by atoms with van der Waals surface area (Å²) in [6, 6.07) is 2.08. The lowest BCUT2D eigenvalue weighted by Gasteiger charge is -2.32. The molecule has 0 aliphatic carbocycles. The Balaban J connectivity index is 1.65. The summed E-state index contributed by atoms with van der Waals surface area (Å²) in [5, 5.41) is 13.2. The smallest absolute Gasteiger partial charge is 0.356 e. The fraction of sp³-hybridized carbons (Fsp3) is 0.762. The van der Waals surface area contributed by atoms with Crippen molar-refractivity contribution in [1.82, 2.24) is 14.7 Å². The first-order valence-corrected chi connectivity index (χ1v) is 10.7. The van der Waals surface area contributed by atoms with Gasteiger partial charge in [0.05, 0.1) is 18.3 Å². The van der Waals surface area contributed by atoms with Gasteiger partial charge in [-0.3, -0.25) is 9.48 Å². The first kappa shape index (κ1) is 22.4. The van der Waals surface area contributed by atoms with Crippen LogP contribution in [0.25, 0.3) is 0 Å². The molecule has 0 bridgehead atoms. The van der Waals surface area contributed by atoms with Gasteiger partial charge in [-0.25, -0.2) is 4.79 Å². The van der Waals surface area contributed by atoms with E-state index in [2.05, 4.69) is 10.00 Å². The summed E-state index contributed by atoms with van der Waals surface area (Å²) in [6.45, 7) is 7.29. The minimum Gasteiger partial charge on any atom is -0.481 e. The third kappa shape index (κ3) is 7.26. The lowest BCUT2D eigenvalue weighted by atomic mass is 10.0. The van der Waals surface area contributed by atoms with E-state index in [1.165, 1.54) is 19.3 Å². The Labute approximate surface area is 168 Å². The Morgan fingerprint density at radius 3 is 2.43 bits per heavy atom. The number of esters is 1. The summed E-state index contributed by atoms with van der Waals surface area (Å²) >= 11 is 0. The van der Waals surface area contributed by atoms with E-state index in [0.29, 0.717) is 18.7 Å². The fourth-order valence-corrected chi connectivity index (χ4v) is 3.86. The molecule has 1 aromatic rings. The van der Waals surface area contributed by atoms with Crippen LogP contribution in [0.1, 0.15) is 86.9 Å². The SMILES string of the molecule is CCOC(=O)c1cc(C)nn1C1CCN(CCCCCCCCC(=O)O)CC1. The summed E-state index contributed by atoms with van der Waals surface area (Å²) in [7, 11) is 0. The number of unbranched alkanes of at least 4 members (excludes halogenated alkanes) is 5. The van der Waals surface area contributed by atoms with Crippen LogP contribution in [0.2, 0.25) is 0 Å². The average Bonchev–Trinajstić information content (AvgIpc) is 3.06. The Kier molecular flexibility index (Phi) is 9.47. The molecule has 1 aliphatic rings. The number of carbonyl (C=O) groups excluding carboxylic acids is 1. The van der Waals surface area contributed by atoms with Gasteiger partial charge in [0.25, 0.3) is 0 Å². The van der Waals surface area contributed by atoms with E-state index in [-0.39, 0.29) is 12.0 Å². The fourth-order valence-electron chi connectivity index (χ4n) is 3.86. The van der Waals surface area contributed by atoms with Crippen molar-refractivity contribution in [3.05, 3.63) is 17.5 Å². The molecule has 2 heterocycles. The molecule has 0 atom stereocenters. The predicted molar refractivity (Wildman–Crippen MR) is 108 cm³/mol. The molecule has 0 spiro atoms. The van der Waals surface area contributed by atoms with Crippen LogP contribution in [0.3, 0.4) is 0 Å². The van der Waals surface area contributed by atoms with E-state index in [1.807, 2.05) is 24.6 Å². The number of carbonyl (C=O) groups is 2. The first-order chi connectivity index (χ1) is 13.5. The van der Waals surface area contributed by atoms with Crippen LogP contribution in [0.5, 0.6) is 0 Å². The van der Waals surface area contributed by atoms with E-state index in [0.717, 1.165) is 57.4 Å². The highest BCUT2D eigenvalue weighted by molar-refractivity contribution is 5.87. The summed E-state index contributed by atoms with van der Waals surface area (Å²) in [6.07, 6.45) is 8.83. The second-order valence-corrected chi connectivity index (χ2v) is 7.67. The van der Waals surface area contributed by atoms with Gasteiger partial charge in [0, 0.05) is 19.5 Å². The van der Waals surface area contributed by atoms with Gasteiger partial charge in [-0.05, 0) is 52.1 Å². The molecular weight excluding hydrogens is 358 g/mol. The van der Waals surface area contributed by atoms with Crippen molar-refractivity contribution in [3.63, 3.8) is 0 Å². The van der Waals surface area contributed by atoms with Crippen molar-refractivity contribution in [2.24, 2.45) is 0 Å². The highest BCUT2D eigenvalue weighted by Gasteiger charge is 2.25. The van der Waals surface area contributed by atoms with Crippen LogP contribution in [0, 0.1) is 6.92 Å². The molecule has 1 aromatic heterocycles. The van der Waals surface area contributed by atoms with Gasteiger partial charge in [-0.2, -0.15) is 5.10 Å². The normalized spacial score (nSPS) is 15.6. The number of piperidine rings is 1. The lowest BCUT2D eigenvalue weighted by Crippen LogP contribution is -2.36. The van der Waals surface area contributed by atoms with E-state index >= 15 is 0 Å². The molecule has 2 rings (SSSR count). The van der Waals surface area contributed by atoms with Crippen LogP contribution >= 0.6 is 0 Å². The molecule has 0 unspecified atom stereocenters. The molecule has 1 saturated heterocycles. The van der Waals surface area contributed by atoms with Crippen LogP contribution in [0.15, 0.2) is 6.07 Å². The number of hydrogen-bond donors (Lipinski definition) is 1. The van der Waals surface area contributed by atoms with Crippen LogP contribution in [0.4, 0.5) is 0 Å². The van der Waals surface area contributed by atoms with Crippen LogP contribution in [-0.4, -0.2) is 58.0 Å². The van der Waals surface area contributed by atoms with Crippen molar-refractivity contribution in [2.75, 3.05) is 26.2 Å². The quantitative estimate of drug-likeness (QED) is 0.429. The molecule has 158 valence electrons. The van der Waals surface area contributed by atoms with Crippen molar-refractivity contribution >= 4 is 11.9 Å². The van der Waals surface area contributed by atoms with Crippen molar-refractivity contribution < 1.29 is 19.4 Å². The number of hydrogen-bond acceptors (Lipinski definition) is 5. The second-order valence-electron chi connectivity index (χ2n) is 7.67. The molecule has 1 fully saturated rings.